The predicted molar refractivity (Wildman–Crippen MR) is 80.7 cm³/mol. The van der Waals surface area contributed by atoms with Crippen LogP contribution in [0.4, 0.5) is 0 Å². The van der Waals surface area contributed by atoms with E-state index in [9.17, 15) is 0 Å². The highest BCUT2D eigenvalue weighted by Gasteiger charge is 2.26. The molecular weight excluding hydrogens is 234 g/mol. The van der Waals surface area contributed by atoms with Crippen molar-refractivity contribution in [3.63, 3.8) is 0 Å². The smallest absolute Gasteiger partial charge is 0.119 e. The standard InChI is InChI=1S/C17H27NO/c1-4-15-6-5-7-17(15)18-14(3)12-19-16-10-8-13(2)9-11-16/h8-11,14-15,17-18H,4-7,12H2,1-3H3. The minimum Gasteiger partial charge on any atom is -0.492 e. The van der Waals surface area contributed by atoms with E-state index in [1.807, 2.05) is 12.1 Å². The van der Waals surface area contributed by atoms with E-state index in [2.05, 4.69) is 38.2 Å². The fourth-order valence-electron chi connectivity index (χ4n) is 3.01. The molecule has 1 aliphatic carbocycles. The van der Waals surface area contributed by atoms with Crippen molar-refractivity contribution in [2.75, 3.05) is 6.61 Å². The summed E-state index contributed by atoms with van der Waals surface area (Å²) in [6.07, 6.45) is 5.39. The fraction of sp³-hybridized carbons (Fsp3) is 0.647. The summed E-state index contributed by atoms with van der Waals surface area (Å²) in [4.78, 5) is 0. The fourth-order valence-corrected chi connectivity index (χ4v) is 3.01. The molecule has 0 bridgehead atoms. The number of aryl methyl sites for hydroxylation is 1. The summed E-state index contributed by atoms with van der Waals surface area (Å²) in [5.41, 5.74) is 1.27. The molecule has 0 amide bonds. The first-order valence-corrected chi connectivity index (χ1v) is 7.64. The quantitative estimate of drug-likeness (QED) is 0.837. The van der Waals surface area contributed by atoms with Gasteiger partial charge in [0.1, 0.15) is 12.4 Å². The van der Waals surface area contributed by atoms with Gasteiger partial charge in [0.2, 0.25) is 0 Å². The molecule has 2 heteroatoms. The summed E-state index contributed by atoms with van der Waals surface area (Å²) >= 11 is 0. The van der Waals surface area contributed by atoms with Crippen molar-refractivity contribution in [2.45, 2.75) is 58.5 Å². The Morgan fingerprint density at radius 1 is 1.26 bits per heavy atom. The zero-order valence-corrected chi connectivity index (χ0v) is 12.5. The number of hydrogen-bond acceptors (Lipinski definition) is 2. The maximum Gasteiger partial charge on any atom is 0.119 e. The predicted octanol–water partition coefficient (Wildman–Crippen LogP) is 3.93. The van der Waals surface area contributed by atoms with Crippen LogP contribution in [0.1, 0.15) is 45.1 Å². The van der Waals surface area contributed by atoms with Gasteiger partial charge in [0.15, 0.2) is 0 Å². The van der Waals surface area contributed by atoms with Crippen LogP contribution in [0.3, 0.4) is 0 Å². The van der Waals surface area contributed by atoms with Crippen molar-refractivity contribution in [3.05, 3.63) is 29.8 Å². The van der Waals surface area contributed by atoms with E-state index >= 15 is 0 Å². The molecule has 0 radical (unpaired) electrons. The van der Waals surface area contributed by atoms with Gasteiger partial charge in [-0.15, -0.1) is 0 Å². The Hall–Kier alpha value is -1.02. The van der Waals surface area contributed by atoms with Gasteiger partial charge in [-0.05, 0) is 44.7 Å². The van der Waals surface area contributed by atoms with E-state index in [0.717, 1.165) is 18.3 Å². The molecular formula is C17H27NO. The lowest BCUT2D eigenvalue weighted by Gasteiger charge is -2.24. The summed E-state index contributed by atoms with van der Waals surface area (Å²) in [5, 5.41) is 3.74. The van der Waals surface area contributed by atoms with Gasteiger partial charge in [-0.3, -0.25) is 0 Å². The zero-order chi connectivity index (χ0) is 13.7. The first-order chi connectivity index (χ1) is 9.19. The van der Waals surface area contributed by atoms with Gasteiger partial charge < -0.3 is 10.1 Å². The van der Waals surface area contributed by atoms with E-state index in [-0.39, 0.29) is 0 Å². The molecule has 1 saturated carbocycles. The van der Waals surface area contributed by atoms with Crippen molar-refractivity contribution < 1.29 is 4.74 Å². The van der Waals surface area contributed by atoms with Crippen LogP contribution in [0.25, 0.3) is 0 Å². The summed E-state index contributed by atoms with van der Waals surface area (Å²) in [6.45, 7) is 7.37. The second kappa shape index (κ2) is 6.95. The molecule has 0 aromatic heterocycles. The van der Waals surface area contributed by atoms with Crippen LogP contribution in [0.5, 0.6) is 5.75 Å². The maximum absolute atomic E-state index is 5.84. The highest BCUT2D eigenvalue weighted by molar-refractivity contribution is 5.26. The minimum atomic E-state index is 0.415. The number of rotatable bonds is 6. The van der Waals surface area contributed by atoms with Gasteiger partial charge in [0, 0.05) is 12.1 Å². The molecule has 1 aromatic carbocycles. The third-order valence-corrected chi connectivity index (χ3v) is 4.20. The molecule has 3 unspecified atom stereocenters. The normalized spacial score (nSPS) is 24.4. The van der Waals surface area contributed by atoms with Crippen LogP contribution < -0.4 is 10.1 Å². The van der Waals surface area contributed by atoms with E-state index in [0.29, 0.717) is 12.1 Å². The lowest BCUT2D eigenvalue weighted by atomic mass is 10.00. The summed E-state index contributed by atoms with van der Waals surface area (Å²) in [7, 11) is 0. The highest BCUT2D eigenvalue weighted by Crippen LogP contribution is 2.28. The van der Waals surface area contributed by atoms with Gasteiger partial charge >= 0.3 is 0 Å². The lowest BCUT2D eigenvalue weighted by Crippen LogP contribution is -2.41. The molecule has 0 spiro atoms. The molecule has 0 aliphatic heterocycles. The number of benzene rings is 1. The highest BCUT2D eigenvalue weighted by atomic mass is 16.5. The number of ether oxygens (including phenoxy) is 1. The molecule has 2 nitrogen and oxygen atoms in total. The van der Waals surface area contributed by atoms with Crippen molar-refractivity contribution >= 4 is 0 Å². The first-order valence-electron chi connectivity index (χ1n) is 7.64. The molecule has 19 heavy (non-hydrogen) atoms. The molecule has 0 heterocycles. The Balaban J connectivity index is 1.75. The van der Waals surface area contributed by atoms with Gasteiger partial charge in [-0.25, -0.2) is 0 Å². The molecule has 1 N–H and O–H groups in total. The first kappa shape index (κ1) is 14.4. The Morgan fingerprint density at radius 3 is 2.68 bits per heavy atom. The van der Waals surface area contributed by atoms with E-state index in [1.54, 1.807) is 0 Å². The van der Waals surface area contributed by atoms with E-state index < -0.39 is 0 Å². The van der Waals surface area contributed by atoms with Crippen molar-refractivity contribution in [1.82, 2.24) is 5.32 Å². The van der Waals surface area contributed by atoms with Crippen LogP contribution in [0.15, 0.2) is 24.3 Å². The van der Waals surface area contributed by atoms with Crippen molar-refractivity contribution in [1.29, 1.82) is 0 Å². The minimum absolute atomic E-state index is 0.415. The zero-order valence-electron chi connectivity index (χ0n) is 12.5. The van der Waals surface area contributed by atoms with Crippen LogP contribution >= 0.6 is 0 Å². The third-order valence-electron chi connectivity index (χ3n) is 4.20. The molecule has 3 atom stereocenters. The summed E-state index contributed by atoms with van der Waals surface area (Å²) in [5.74, 6) is 1.83. The molecule has 1 aliphatic rings. The second-order valence-corrected chi connectivity index (χ2v) is 5.90. The lowest BCUT2D eigenvalue weighted by molar-refractivity contribution is 0.247. The average molecular weight is 261 g/mol. The summed E-state index contributed by atoms with van der Waals surface area (Å²) in [6, 6.07) is 9.40. The Morgan fingerprint density at radius 2 is 2.00 bits per heavy atom. The van der Waals surface area contributed by atoms with E-state index in [4.69, 9.17) is 4.74 Å². The Kier molecular flexibility index (Phi) is 5.26. The van der Waals surface area contributed by atoms with Gasteiger partial charge in [0.05, 0.1) is 0 Å². The largest absolute Gasteiger partial charge is 0.492 e. The number of hydrogen-bond donors (Lipinski definition) is 1. The second-order valence-electron chi connectivity index (χ2n) is 5.90. The van der Waals surface area contributed by atoms with Crippen LogP contribution in [0.2, 0.25) is 0 Å². The van der Waals surface area contributed by atoms with Crippen molar-refractivity contribution in [3.8, 4) is 5.75 Å². The van der Waals surface area contributed by atoms with Gasteiger partial charge in [-0.1, -0.05) is 37.5 Å². The van der Waals surface area contributed by atoms with Crippen LogP contribution in [0, 0.1) is 12.8 Å². The Bertz CT molecular complexity index is 373. The molecule has 1 aromatic rings. The monoisotopic (exact) mass is 261 g/mol. The van der Waals surface area contributed by atoms with Crippen molar-refractivity contribution in [2.24, 2.45) is 5.92 Å². The Labute approximate surface area is 117 Å². The third kappa shape index (κ3) is 4.24. The maximum atomic E-state index is 5.84. The van der Waals surface area contributed by atoms with Crippen LogP contribution in [-0.2, 0) is 0 Å². The summed E-state index contributed by atoms with van der Waals surface area (Å²) < 4.78 is 5.84. The van der Waals surface area contributed by atoms with E-state index in [1.165, 1.54) is 31.2 Å². The van der Waals surface area contributed by atoms with Gasteiger partial charge in [0.25, 0.3) is 0 Å². The SMILES string of the molecule is CCC1CCCC1NC(C)COc1ccc(C)cc1. The van der Waals surface area contributed by atoms with Gasteiger partial charge in [-0.2, -0.15) is 0 Å². The molecule has 1 fully saturated rings. The molecule has 106 valence electrons. The topological polar surface area (TPSA) is 21.3 Å². The molecule has 0 saturated heterocycles. The number of nitrogens with one attached hydrogen (secondary N) is 1. The molecule has 2 rings (SSSR count). The van der Waals surface area contributed by atoms with Crippen LogP contribution in [-0.4, -0.2) is 18.7 Å². The average Bonchev–Trinajstić information content (AvgIpc) is 2.85.